The van der Waals surface area contributed by atoms with Crippen molar-refractivity contribution in [1.82, 2.24) is 0 Å². The molecule has 1 aliphatic carbocycles. The maximum absolute atomic E-state index is 4.57. The first kappa shape index (κ1) is 7.01. The van der Waals surface area contributed by atoms with Gasteiger partial charge in [0, 0.05) is 11.9 Å². The first-order valence-electron chi connectivity index (χ1n) is 4.44. The lowest BCUT2D eigenvalue weighted by Gasteiger charge is -2.28. The van der Waals surface area contributed by atoms with Crippen LogP contribution in [0.25, 0.3) is 0 Å². The summed E-state index contributed by atoms with van der Waals surface area (Å²) in [6.45, 7) is 2.04. The van der Waals surface area contributed by atoms with E-state index in [1.165, 1.54) is 25.7 Å². The lowest BCUT2D eigenvalue weighted by Crippen LogP contribution is -2.31. The third-order valence-corrected chi connectivity index (χ3v) is 2.52. The monoisotopic (exact) mass is 150 g/mol. The lowest BCUT2D eigenvalue weighted by atomic mass is 9.90. The number of aliphatic imine (C=N–C) groups is 2. The molecule has 0 N–H and O–H groups in total. The molecule has 0 radical (unpaired) electrons. The van der Waals surface area contributed by atoms with Crippen LogP contribution in [0.5, 0.6) is 0 Å². The molecule has 0 amide bonds. The van der Waals surface area contributed by atoms with E-state index >= 15 is 0 Å². The zero-order chi connectivity index (χ0) is 7.68. The predicted octanol–water partition coefficient (Wildman–Crippen LogP) is 1.84. The van der Waals surface area contributed by atoms with Crippen LogP contribution >= 0.6 is 0 Å². The molecule has 0 aromatic heterocycles. The molecule has 1 heterocycles. The number of fused-ring (bicyclic) bond motifs is 1. The molecule has 11 heavy (non-hydrogen) atoms. The topological polar surface area (TPSA) is 24.7 Å². The average molecular weight is 150 g/mol. The molecule has 2 nitrogen and oxygen atoms in total. The minimum atomic E-state index is 0.521. The molecule has 1 aliphatic heterocycles. The maximum Gasteiger partial charge on any atom is 0.0726 e. The van der Waals surface area contributed by atoms with Gasteiger partial charge in [-0.05, 0) is 19.8 Å². The summed E-state index contributed by atoms with van der Waals surface area (Å²) in [5.41, 5.74) is 1.10. The Balaban J connectivity index is 2.13. The normalized spacial score (nSPS) is 36.3. The average Bonchev–Trinajstić information content (AvgIpc) is 2.04. The molecule has 2 rings (SSSR count). The summed E-state index contributed by atoms with van der Waals surface area (Å²) in [5.74, 6) is 0. The Morgan fingerprint density at radius 2 is 2.00 bits per heavy atom. The van der Waals surface area contributed by atoms with Crippen molar-refractivity contribution in [3.8, 4) is 0 Å². The van der Waals surface area contributed by atoms with Crippen LogP contribution in [0.3, 0.4) is 0 Å². The Kier molecular flexibility index (Phi) is 1.76. The third-order valence-electron chi connectivity index (χ3n) is 2.52. The largest absolute Gasteiger partial charge is 0.286 e. The molecule has 0 saturated heterocycles. The van der Waals surface area contributed by atoms with Gasteiger partial charge in [-0.25, -0.2) is 0 Å². The van der Waals surface area contributed by atoms with Gasteiger partial charge in [-0.1, -0.05) is 12.8 Å². The summed E-state index contributed by atoms with van der Waals surface area (Å²) in [6.07, 6.45) is 7.10. The fourth-order valence-corrected chi connectivity index (χ4v) is 1.91. The number of rotatable bonds is 0. The van der Waals surface area contributed by atoms with E-state index in [1.54, 1.807) is 0 Å². The second-order valence-corrected chi connectivity index (χ2v) is 3.47. The van der Waals surface area contributed by atoms with E-state index in [9.17, 15) is 0 Å². The van der Waals surface area contributed by atoms with Crippen LogP contribution in [-0.2, 0) is 0 Å². The van der Waals surface area contributed by atoms with Gasteiger partial charge >= 0.3 is 0 Å². The first-order valence-corrected chi connectivity index (χ1v) is 4.44. The zero-order valence-corrected chi connectivity index (χ0v) is 6.95. The van der Waals surface area contributed by atoms with E-state index in [0.29, 0.717) is 12.1 Å². The van der Waals surface area contributed by atoms with Gasteiger partial charge in [-0.3, -0.25) is 9.98 Å². The Hall–Kier alpha value is -0.660. The van der Waals surface area contributed by atoms with Crippen molar-refractivity contribution in [2.75, 3.05) is 0 Å². The second-order valence-electron chi connectivity index (χ2n) is 3.47. The summed E-state index contributed by atoms with van der Waals surface area (Å²) in [5, 5.41) is 0. The Bertz CT molecular complexity index is 206. The van der Waals surface area contributed by atoms with Crippen LogP contribution in [0.1, 0.15) is 32.6 Å². The highest BCUT2D eigenvalue weighted by molar-refractivity contribution is 6.29. The highest BCUT2D eigenvalue weighted by Gasteiger charge is 2.25. The number of hydrogen-bond acceptors (Lipinski definition) is 2. The predicted molar refractivity (Wildman–Crippen MR) is 47.6 cm³/mol. The van der Waals surface area contributed by atoms with Crippen LogP contribution < -0.4 is 0 Å². The van der Waals surface area contributed by atoms with Gasteiger partial charge in [-0.2, -0.15) is 0 Å². The molecule has 1 fully saturated rings. The highest BCUT2D eigenvalue weighted by atomic mass is 15.0. The number of nitrogens with zero attached hydrogens (tertiary/aromatic N) is 2. The summed E-state index contributed by atoms with van der Waals surface area (Å²) in [6, 6.07) is 1.04. The minimum Gasteiger partial charge on any atom is -0.286 e. The first-order chi connectivity index (χ1) is 5.36. The van der Waals surface area contributed by atoms with E-state index in [1.807, 2.05) is 13.1 Å². The Morgan fingerprint density at radius 3 is 2.82 bits per heavy atom. The van der Waals surface area contributed by atoms with Crippen molar-refractivity contribution in [2.24, 2.45) is 9.98 Å². The Morgan fingerprint density at radius 1 is 1.27 bits per heavy atom. The highest BCUT2D eigenvalue weighted by Crippen LogP contribution is 2.25. The summed E-state index contributed by atoms with van der Waals surface area (Å²) >= 11 is 0. The van der Waals surface area contributed by atoms with Crippen LogP contribution in [0.2, 0.25) is 0 Å². The smallest absolute Gasteiger partial charge is 0.0726 e. The second kappa shape index (κ2) is 2.76. The van der Waals surface area contributed by atoms with Crippen molar-refractivity contribution < 1.29 is 0 Å². The van der Waals surface area contributed by atoms with Crippen LogP contribution in [0.4, 0.5) is 0 Å². The molecule has 1 saturated carbocycles. The molecule has 0 spiro atoms. The van der Waals surface area contributed by atoms with Crippen molar-refractivity contribution in [1.29, 1.82) is 0 Å². The molecule has 2 atom stereocenters. The van der Waals surface area contributed by atoms with Crippen molar-refractivity contribution in [3.63, 3.8) is 0 Å². The van der Waals surface area contributed by atoms with Gasteiger partial charge in [0.1, 0.15) is 0 Å². The summed E-state index contributed by atoms with van der Waals surface area (Å²) in [7, 11) is 0. The SMILES string of the molecule is CC1=NC2CCCCC2N=C1. The summed E-state index contributed by atoms with van der Waals surface area (Å²) in [4.78, 5) is 9.05. The van der Waals surface area contributed by atoms with Crippen LogP contribution in [0, 0.1) is 0 Å². The quantitative estimate of drug-likeness (QED) is 0.503. The molecular weight excluding hydrogens is 136 g/mol. The van der Waals surface area contributed by atoms with Crippen molar-refractivity contribution in [3.05, 3.63) is 0 Å². The standard InChI is InChI=1S/C9H14N2/c1-7-6-10-8-4-2-3-5-9(8)11-7/h6,8-9H,2-5H2,1H3. The fraction of sp³-hybridized carbons (Fsp3) is 0.778. The van der Waals surface area contributed by atoms with Crippen molar-refractivity contribution in [2.45, 2.75) is 44.7 Å². The Labute approximate surface area is 67.4 Å². The van der Waals surface area contributed by atoms with Crippen molar-refractivity contribution >= 4 is 11.9 Å². The van der Waals surface area contributed by atoms with E-state index in [4.69, 9.17) is 0 Å². The van der Waals surface area contributed by atoms with E-state index in [-0.39, 0.29) is 0 Å². The van der Waals surface area contributed by atoms with Crippen LogP contribution in [0.15, 0.2) is 9.98 Å². The van der Waals surface area contributed by atoms with Gasteiger partial charge in [0.05, 0.1) is 12.1 Å². The number of hydrogen-bond donors (Lipinski definition) is 0. The summed E-state index contributed by atoms with van der Waals surface area (Å²) < 4.78 is 0. The molecule has 2 heteroatoms. The van der Waals surface area contributed by atoms with E-state index in [2.05, 4.69) is 9.98 Å². The molecule has 0 aromatic carbocycles. The molecule has 2 unspecified atom stereocenters. The molecule has 60 valence electrons. The van der Waals surface area contributed by atoms with Gasteiger partial charge in [0.25, 0.3) is 0 Å². The lowest BCUT2D eigenvalue weighted by molar-refractivity contribution is 0.387. The van der Waals surface area contributed by atoms with Gasteiger partial charge in [0.15, 0.2) is 0 Å². The van der Waals surface area contributed by atoms with Gasteiger partial charge in [-0.15, -0.1) is 0 Å². The zero-order valence-electron chi connectivity index (χ0n) is 6.95. The fourth-order valence-electron chi connectivity index (χ4n) is 1.91. The van der Waals surface area contributed by atoms with E-state index in [0.717, 1.165) is 5.71 Å². The van der Waals surface area contributed by atoms with Crippen LogP contribution in [-0.4, -0.2) is 24.0 Å². The molecule has 2 aliphatic rings. The molecule has 0 aromatic rings. The molecule has 0 bridgehead atoms. The molecular formula is C9H14N2. The van der Waals surface area contributed by atoms with Gasteiger partial charge in [0.2, 0.25) is 0 Å². The third kappa shape index (κ3) is 1.35. The maximum atomic E-state index is 4.57. The van der Waals surface area contributed by atoms with E-state index < -0.39 is 0 Å². The van der Waals surface area contributed by atoms with Gasteiger partial charge < -0.3 is 0 Å². The minimum absolute atomic E-state index is 0.521.